The van der Waals surface area contributed by atoms with Crippen molar-refractivity contribution < 1.29 is 4.79 Å². The van der Waals surface area contributed by atoms with Crippen molar-refractivity contribution in [1.82, 2.24) is 10.2 Å². The topological polar surface area (TPSA) is 32.3 Å². The van der Waals surface area contributed by atoms with Crippen LogP contribution >= 0.6 is 0 Å². The van der Waals surface area contributed by atoms with Crippen LogP contribution in [0.5, 0.6) is 0 Å². The van der Waals surface area contributed by atoms with Crippen molar-refractivity contribution in [1.29, 1.82) is 0 Å². The number of rotatable bonds is 2. The first kappa shape index (κ1) is 13.3. The molecule has 1 aliphatic rings. The Hall–Kier alpha value is -1.71. The van der Waals surface area contributed by atoms with Gasteiger partial charge in [0.1, 0.15) is 0 Å². The zero-order valence-electron chi connectivity index (χ0n) is 12.0. The molecule has 0 aliphatic carbocycles. The third-order valence-electron chi connectivity index (χ3n) is 3.98. The standard InChI is InChI=1S/C17H20N2O/c1-12-3-4-14-10-15(6-5-13(14)9-12)17(20)16-11-19(2)8-7-18-16/h3-6,9-10,16,18H,7-8,11H2,1-2H3. The monoisotopic (exact) mass is 268 g/mol. The number of piperazine rings is 1. The summed E-state index contributed by atoms with van der Waals surface area (Å²) in [4.78, 5) is 14.8. The summed E-state index contributed by atoms with van der Waals surface area (Å²) in [5, 5.41) is 5.63. The minimum absolute atomic E-state index is 0.0864. The average Bonchev–Trinajstić information content (AvgIpc) is 2.46. The zero-order valence-corrected chi connectivity index (χ0v) is 12.0. The molecule has 1 unspecified atom stereocenters. The third kappa shape index (κ3) is 2.60. The van der Waals surface area contributed by atoms with Gasteiger partial charge in [-0.3, -0.25) is 4.79 Å². The molecule has 0 bridgehead atoms. The van der Waals surface area contributed by atoms with Crippen molar-refractivity contribution in [2.24, 2.45) is 0 Å². The number of benzene rings is 2. The highest BCUT2D eigenvalue weighted by molar-refractivity contribution is 6.03. The second-order valence-electron chi connectivity index (χ2n) is 5.70. The normalized spacial score (nSPS) is 20.2. The predicted octanol–water partition coefficient (Wildman–Crippen LogP) is 2.23. The van der Waals surface area contributed by atoms with Crippen LogP contribution in [-0.2, 0) is 0 Å². The van der Waals surface area contributed by atoms with Gasteiger partial charge in [-0.05, 0) is 30.8 Å². The summed E-state index contributed by atoms with van der Waals surface area (Å²) in [6.45, 7) is 4.74. The highest BCUT2D eigenvalue weighted by Crippen LogP contribution is 2.19. The Bertz CT molecular complexity index is 650. The van der Waals surface area contributed by atoms with Gasteiger partial charge in [0.15, 0.2) is 5.78 Å². The van der Waals surface area contributed by atoms with Gasteiger partial charge < -0.3 is 10.2 Å². The fraction of sp³-hybridized carbons (Fsp3) is 0.353. The SMILES string of the molecule is Cc1ccc2cc(C(=O)C3CN(C)CCN3)ccc2c1. The lowest BCUT2D eigenvalue weighted by molar-refractivity contribution is 0.0894. The number of likely N-dealkylation sites (N-methyl/N-ethyl adjacent to an activating group) is 1. The van der Waals surface area contributed by atoms with Crippen molar-refractivity contribution >= 4 is 16.6 Å². The maximum absolute atomic E-state index is 12.6. The molecule has 3 rings (SSSR count). The molecule has 0 spiro atoms. The van der Waals surface area contributed by atoms with Crippen LogP contribution in [0.3, 0.4) is 0 Å². The van der Waals surface area contributed by atoms with Gasteiger partial charge in [0.2, 0.25) is 0 Å². The summed E-state index contributed by atoms with van der Waals surface area (Å²) in [6, 6.07) is 12.2. The van der Waals surface area contributed by atoms with Crippen LogP contribution in [0, 0.1) is 6.92 Å². The van der Waals surface area contributed by atoms with E-state index < -0.39 is 0 Å². The van der Waals surface area contributed by atoms with Gasteiger partial charge in [0.05, 0.1) is 6.04 Å². The van der Waals surface area contributed by atoms with Gasteiger partial charge in [-0.1, -0.05) is 35.9 Å². The molecule has 0 amide bonds. The molecule has 3 nitrogen and oxygen atoms in total. The fourth-order valence-electron chi connectivity index (χ4n) is 2.79. The Balaban J connectivity index is 1.89. The number of carbonyl (C=O) groups is 1. The molecule has 0 radical (unpaired) electrons. The second-order valence-corrected chi connectivity index (χ2v) is 5.70. The van der Waals surface area contributed by atoms with Crippen molar-refractivity contribution in [2.45, 2.75) is 13.0 Å². The highest BCUT2D eigenvalue weighted by atomic mass is 16.1. The van der Waals surface area contributed by atoms with Crippen LogP contribution in [0.4, 0.5) is 0 Å². The fourth-order valence-corrected chi connectivity index (χ4v) is 2.79. The summed E-state index contributed by atoms with van der Waals surface area (Å²) >= 11 is 0. The molecular weight excluding hydrogens is 248 g/mol. The van der Waals surface area contributed by atoms with E-state index in [1.807, 2.05) is 18.2 Å². The van der Waals surface area contributed by atoms with Crippen molar-refractivity contribution in [3.05, 3.63) is 47.5 Å². The molecule has 2 aromatic carbocycles. The van der Waals surface area contributed by atoms with Gasteiger partial charge >= 0.3 is 0 Å². The number of hydrogen-bond donors (Lipinski definition) is 1. The zero-order chi connectivity index (χ0) is 14.1. The van der Waals surface area contributed by atoms with Gasteiger partial charge in [-0.2, -0.15) is 0 Å². The van der Waals surface area contributed by atoms with Gasteiger partial charge in [0.25, 0.3) is 0 Å². The van der Waals surface area contributed by atoms with Crippen LogP contribution in [0.1, 0.15) is 15.9 Å². The van der Waals surface area contributed by atoms with Crippen LogP contribution in [0.25, 0.3) is 10.8 Å². The van der Waals surface area contributed by atoms with Crippen LogP contribution in [-0.4, -0.2) is 43.4 Å². The second kappa shape index (κ2) is 5.35. The van der Waals surface area contributed by atoms with E-state index >= 15 is 0 Å². The highest BCUT2D eigenvalue weighted by Gasteiger charge is 2.24. The number of ketones is 1. The third-order valence-corrected chi connectivity index (χ3v) is 3.98. The number of fused-ring (bicyclic) bond motifs is 1. The van der Waals surface area contributed by atoms with E-state index in [0.717, 1.165) is 30.6 Å². The van der Waals surface area contributed by atoms with E-state index in [4.69, 9.17) is 0 Å². The number of hydrogen-bond acceptors (Lipinski definition) is 3. The van der Waals surface area contributed by atoms with E-state index in [9.17, 15) is 4.79 Å². The molecule has 1 aliphatic heterocycles. The van der Waals surface area contributed by atoms with Crippen LogP contribution in [0.15, 0.2) is 36.4 Å². The molecule has 1 N–H and O–H groups in total. The molecule has 20 heavy (non-hydrogen) atoms. The van der Waals surface area contributed by atoms with E-state index in [1.54, 1.807) is 0 Å². The smallest absolute Gasteiger partial charge is 0.181 e. The Labute approximate surface area is 119 Å². The average molecular weight is 268 g/mol. The van der Waals surface area contributed by atoms with E-state index in [1.165, 1.54) is 10.9 Å². The Morgan fingerprint density at radius 2 is 1.95 bits per heavy atom. The molecule has 1 fully saturated rings. The lowest BCUT2D eigenvalue weighted by Crippen LogP contribution is -2.52. The number of nitrogens with one attached hydrogen (secondary N) is 1. The Morgan fingerprint density at radius 1 is 1.20 bits per heavy atom. The van der Waals surface area contributed by atoms with E-state index in [-0.39, 0.29) is 11.8 Å². The molecule has 1 saturated heterocycles. The van der Waals surface area contributed by atoms with Crippen LogP contribution in [0.2, 0.25) is 0 Å². The summed E-state index contributed by atoms with van der Waals surface area (Å²) in [5.41, 5.74) is 2.04. The first-order chi connectivity index (χ1) is 9.63. The summed E-state index contributed by atoms with van der Waals surface area (Å²) in [5.74, 6) is 0.194. The van der Waals surface area contributed by atoms with Crippen molar-refractivity contribution in [2.75, 3.05) is 26.7 Å². The number of nitrogens with zero attached hydrogens (tertiary/aromatic N) is 1. The molecule has 104 valence electrons. The van der Waals surface area contributed by atoms with Gasteiger partial charge in [0, 0.05) is 25.2 Å². The molecule has 3 heteroatoms. The minimum atomic E-state index is -0.0864. The first-order valence-electron chi connectivity index (χ1n) is 7.10. The minimum Gasteiger partial charge on any atom is -0.305 e. The molecular formula is C17H20N2O. The quantitative estimate of drug-likeness (QED) is 0.848. The van der Waals surface area contributed by atoms with Gasteiger partial charge in [-0.15, -0.1) is 0 Å². The van der Waals surface area contributed by atoms with E-state index in [2.05, 4.69) is 42.4 Å². The van der Waals surface area contributed by atoms with E-state index in [0.29, 0.717) is 0 Å². The maximum atomic E-state index is 12.6. The molecule has 2 aromatic rings. The summed E-state index contributed by atoms with van der Waals surface area (Å²) in [7, 11) is 2.06. The number of carbonyl (C=O) groups excluding carboxylic acids is 1. The predicted molar refractivity (Wildman–Crippen MR) is 82.3 cm³/mol. The van der Waals surface area contributed by atoms with Gasteiger partial charge in [-0.25, -0.2) is 0 Å². The summed E-state index contributed by atoms with van der Waals surface area (Å²) < 4.78 is 0. The first-order valence-corrected chi connectivity index (χ1v) is 7.10. The Kier molecular flexibility index (Phi) is 3.55. The number of Topliss-reactive ketones (excluding diaryl/α,β-unsaturated/α-hetero) is 1. The lowest BCUT2D eigenvalue weighted by Gasteiger charge is -2.29. The lowest BCUT2D eigenvalue weighted by atomic mass is 9.98. The molecule has 0 aromatic heterocycles. The maximum Gasteiger partial charge on any atom is 0.181 e. The molecule has 1 atom stereocenters. The van der Waals surface area contributed by atoms with Crippen molar-refractivity contribution in [3.63, 3.8) is 0 Å². The molecule has 0 saturated carbocycles. The van der Waals surface area contributed by atoms with Crippen LogP contribution < -0.4 is 5.32 Å². The van der Waals surface area contributed by atoms with Crippen molar-refractivity contribution in [3.8, 4) is 0 Å². The number of aryl methyl sites for hydroxylation is 1. The Morgan fingerprint density at radius 3 is 2.75 bits per heavy atom. The molecule has 1 heterocycles. The summed E-state index contributed by atoms with van der Waals surface area (Å²) in [6.07, 6.45) is 0. The largest absolute Gasteiger partial charge is 0.305 e.